The van der Waals surface area contributed by atoms with Crippen molar-refractivity contribution >= 4 is 5.91 Å². The van der Waals surface area contributed by atoms with Crippen molar-refractivity contribution in [3.05, 3.63) is 35.9 Å². The fraction of sp³-hybridized carbons (Fsp3) is 0.467. The second-order valence-electron chi connectivity index (χ2n) is 5.20. The molecule has 2 fully saturated rings. The van der Waals surface area contributed by atoms with Gasteiger partial charge in [0.05, 0.1) is 24.3 Å². The van der Waals surface area contributed by atoms with Crippen LogP contribution in [0.3, 0.4) is 0 Å². The summed E-state index contributed by atoms with van der Waals surface area (Å²) < 4.78 is 5.71. The molecule has 2 bridgehead atoms. The largest absolute Gasteiger partial charge is 0.373 e. The molecule has 1 aromatic carbocycles. The maximum absolute atomic E-state index is 12.2. The molecule has 4 unspecified atom stereocenters. The van der Waals surface area contributed by atoms with Gasteiger partial charge in [-0.2, -0.15) is 5.26 Å². The van der Waals surface area contributed by atoms with E-state index in [0.717, 1.165) is 24.8 Å². The smallest absolute Gasteiger partial charge is 0.242 e. The highest BCUT2D eigenvalue weighted by Gasteiger charge is 2.42. The Bertz CT molecular complexity index is 509. The first-order chi connectivity index (χ1) is 9.28. The van der Waals surface area contributed by atoms with Crippen LogP contribution in [0, 0.1) is 11.3 Å². The van der Waals surface area contributed by atoms with E-state index in [2.05, 4.69) is 11.4 Å². The maximum Gasteiger partial charge on any atom is 0.242 e. The molecular weight excluding hydrogens is 240 g/mol. The molecule has 4 atom stereocenters. The van der Waals surface area contributed by atoms with E-state index >= 15 is 0 Å². The zero-order valence-corrected chi connectivity index (χ0v) is 10.6. The van der Waals surface area contributed by atoms with Gasteiger partial charge in [-0.25, -0.2) is 0 Å². The van der Waals surface area contributed by atoms with Crippen LogP contribution in [-0.2, 0) is 9.53 Å². The van der Waals surface area contributed by atoms with Crippen molar-refractivity contribution in [1.29, 1.82) is 5.26 Å². The van der Waals surface area contributed by atoms with Crippen molar-refractivity contribution in [1.82, 2.24) is 5.32 Å². The van der Waals surface area contributed by atoms with Crippen molar-refractivity contribution in [3.8, 4) is 6.07 Å². The van der Waals surface area contributed by atoms with Crippen LogP contribution in [0.2, 0.25) is 0 Å². The van der Waals surface area contributed by atoms with E-state index in [4.69, 9.17) is 4.74 Å². The molecule has 4 heteroatoms. The molecule has 3 rings (SSSR count). The number of ether oxygens (including phenoxy) is 1. The average molecular weight is 256 g/mol. The molecule has 0 saturated carbocycles. The third kappa shape index (κ3) is 2.34. The SMILES string of the molecule is N#CC(C(=O)NC1CC2CCC1O2)c1ccccc1. The molecule has 0 spiro atoms. The number of benzene rings is 1. The van der Waals surface area contributed by atoms with Gasteiger partial charge in [0.15, 0.2) is 0 Å². The summed E-state index contributed by atoms with van der Waals surface area (Å²) in [5, 5.41) is 12.2. The van der Waals surface area contributed by atoms with Crippen LogP contribution in [0.25, 0.3) is 0 Å². The number of carbonyl (C=O) groups is 1. The Hall–Kier alpha value is -1.86. The van der Waals surface area contributed by atoms with Crippen LogP contribution in [-0.4, -0.2) is 24.2 Å². The number of amides is 1. The Morgan fingerprint density at radius 1 is 1.37 bits per heavy atom. The summed E-state index contributed by atoms with van der Waals surface area (Å²) in [4.78, 5) is 12.2. The third-order valence-corrected chi connectivity index (χ3v) is 3.96. The van der Waals surface area contributed by atoms with Crippen molar-refractivity contribution in [3.63, 3.8) is 0 Å². The summed E-state index contributed by atoms with van der Waals surface area (Å²) in [5.74, 6) is -0.949. The lowest BCUT2D eigenvalue weighted by molar-refractivity contribution is -0.122. The molecule has 19 heavy (non-hydrogen) atoms. The summed E-state index contributed by atoms with van der Waals surface area (Å²) in [6, 6.07) is 11.3. The van der Waals surface area contributed by atoms with Crippen molar-refractivity contribution in [2.45, 2.75) is 43.4 Å². The minimum atomic E-state index is -0.736. The molecular formula is C15H16N2O2. The van der Waals surface area contributed by atoms with Gasteiger partial charge in [-0.05, 0) is 24.8 Å². The summed E-state index contributed by atoms with van der Waals surface area (Å²) in [6.45, 7) is 0. The molecule has 0 aliphatic carbocycles. The standard InChI is InChI=1S/C15H16N2O2/c16-9-12(10-4-2-1-3-5-10)15(18)17-13-8-11-6-7-14(13)19-11/h1-5,11-14H,6-8H2,(H,17,18). The zero-order chi connectivity index (χ0) is 13.2. The fourth-order valence-electron chi connectivity index (χ4n) is 2.99. The number of rotatable bonds is 3. The molecule has 1 N–H and O–H groups in total. The number of nitrogens with zero attached hydrogens (tertiary/aromatic N) is 1. The van der Waals surface area contributed by atoms with E-state index in [0.29, 0.717) is 6.10 Å². The first kappa shape index (κ1) is 12.2. The average Bonchev–Trinajstić information content (AvgIpc) is 3.03. The fourth-order valence-corrected chi connectivity index (χ4v) is 2.99. The second-order valence-corrected chi connectivity index (χ2v) is 5.20. The molecule has 2 saturated heterocycles. The molecule has 1 aromatic rings. The highest BCUT2D eigenvalue weighted by Crippen LogP contribution is 2.34. The van der Waals surface area contributed by atoms with Crippen LogP contribution in [0.1, 0.15) is 30.7 Å². The minimum absolute atomic E-state index is 0.0748. The van der Waals surface area contributed by atoms with E-state index in [1.165, 1.54) is 0 Å². The van der Waals surface area contributed by atoms with E-state index in [1.54, 1.807) is 0 Å². The summed E-state index contributed by atoms with van der Waals surface area (Å²) in [6.07, 6.45) is 3.43. The van der Waals surface area contributed by atoms with E-state index in [9.17, 15) is 10.1 Å². The normalized spacial score (nSPS) is 29.7. The number of fused-ring (bicyclic) bond motifs is 2. The van der Waals surface area contributed by atoms with Crippen LogP contribution in [0.4, 0.5) is 0 Å². The van der Waals surface area contributed by atoms with Crippen LogP contribution in [0.15, 0.2) is 30.3 Å². The predicted molar refractivity (Wildman–Crippen MR) is 69.2 cm³/mol. The van der Waals surface area contributed by atoms with E-state index in [-0.39, 0.29) is 18.1 Å². The van der Waals surface area contributed by atoms with Crippen molar-refractivity contribution < 1.29 is 9.53 Å². The predicted octanol–water partition coefficient (Wildman–Crippen LogP) is 1.73. The molecule has 2 aliphatic heterocycles. The van der Waals surface area contributed by atoms with Gasteiger partial charge in [-0.1, -0.05) is 30.3 Å². The van der Waals surface area contributed by atoms with Gasteiger partial charge in [-0.15, -0.1) is 0 Å². The van der Waals surface area contributed by atoms with Gasteiger partial charge in [-0.3, -0.25) is 4.79 Å². The lowest BCUT2D eigenvalue weighted by Gasteiger charge is -2.21. The Balaban J connectivity index is 1.68. The summed E-state index contributed by atoms with van der Waals surface area (Å²) >= 11 is 0. The summed E-state index contributed by atoms with van der Waals surface area (Å²) in [7, 11) is 0. The van der Waals surface area contributed by atoms with Crippen LogP contribution >= 0.6 is 0 Å². The summed E-state index contributed by atoms with van der Waals surface area (Å²) in [5.41, 5.74) is 0.742. The van der Waals surface area contributed by atoms with E-state index in [1.807, 2.05) is 30.3 Å². The van der Waals surface area contributed by atoms with Crippen LogP contribution in [0.5, 0.6) is 0 Å². The first-order valence-electron chi connectivity index (χ1n) is 6.68. The van der Waals surface area contributed by atoms with Crippen molar-refractivity contribution in [2.75, 3.05) is 0 Å². The lowest BCUT2D eigenvalue weighted by atomic mass is 9.94. The quantitative estimate of drug-likeness (QED) is 0.895. The Kier molecular flexibility index (Phi) is 3.22. The third-order valence-electron chi connectivity index (χ3n) is 3.96. The highest BCUT2D eigenvalue weighted by atomic mass is 16.5. The minimum Gasteiger partial charge on any atom is -0.373 e. The zero-order valence-electron chi connectivity index (χ0n) is 10.6. The number of nitriles is 1. The first-order valence-corrected chi connectivity index (χ1v) is 6.68. The Labute approximate surface area is 112 Å². The molecule has 2 heterocycles. The highest BCUT2D eigenvalue weighted by molar-refractivity contribution is 5.86. The van der Waals surface area contributed by atoms with E-state index < -0.39 is 5.92 Å². The number of hydrogen-bond acceptors (Lipinski definition) is 3. The van der Waals surface area contributed by atoms with Gasteiger partial charge in [0, 0.05) is 0 Å². The molecule has 0 aromatic heterocycles. The second kappa shape index (κ2) is 5.02. The number of hydrogen-bond donors (Lipinski definition) is 1. The van der Waals surface area contributed by atoms with Gasteiger partial charge in [0.2, 0.25) is 5.91 Å². The molecule has 98 valence electrons. The van der Waals surface area contributed by atoms with Crippen molar-refractivity contribution in [2.24, 2.45) is 0 Å². The monoisotopic (exact) mass is 256 g/mol. The lowest BCUT2D eigenvalue weighted by Crippen LogP contribution is -2.43. The van der Waals surface area contributed by atoms with Gasteiger partial charge in [0.25, 0.3) is 0 Å². The van der Waals surface area contributed by atoms with Gasteiger partial charge in [0.1, 0.15) is 5.92 Å². The molecule has 1 amide bonds. The Morgan fingerprint density at radius 2 is 2.16 bits per heavy atom. The van der Waals surface area contributed by atoms with Gasteiger partial charge < -0.3 is 10.1 Å². The number of nitrogens with one attached hydrogen (secondary N) is 1. The molecule has 2 aliphatic rings. The topological polar surface area (TPSA) is 62.1 Å². The Morgan fingerprint density at radius 3 is 2.74 bits per heavy atom. The molecule has 0 radical (unpaired) electrons. The number of carbonyl (C=O) groups excluding carboxylic acids is 1. The maximum atomic E-state index is 12.2. The van der Waals surface area contributed by atoms with Crippen LogP contribution < -0.4 is 5.32 Å². The van der Waals surface area contributed by atoms with Gasteiger partial charge >= 0.3 is 0 Å². The molecule has 4 nitrogen and oxygen atoms in total.